The summed E-state index contributed by atoms with van der Waals surface area (Å²) in [6.45, 7) is 0.0299. The van der Waals surface area contributed by atoms with E-state index in [-0.39, 0.29) is 17.9 Å². The number of carbonyl (C=O) groups is 1. The normalized spacial score (nSPS) is 10.7. The molecule has 0 fully saturated rings. The number of benzene rings is 2. The van der Waals surface area contributed by atoms with Crippen LogP contribution in [0.5, 0.6) is 11.5 Å². The Bertz CT molecular complexity index is 1270. The highest BCUT2D eigenvalue weighted by molar-refractivity contribution is 5.86. The van der Waals surface area contributed by atoms with Crippen LogP contribution in [0.25, 0.3) is 22.3 Å². The predicted octanol–water partition coefficient (Wildman–Crippen LogP) is 3.56. The zero-order valence-corrected chi connectivity index (χ0v) is 16.3. The number of furan rings is 1. The van der Waals surface area contributed by atoms with E-state index in [9.17, 15) is 9.59 Å². The lowest BCUT2D eigenvalue weighted by Crippen LogP contribution is -2.10. The van der Waals surface area contributed by atoms with Crippen molar-refractivity contribution in [3.05, 3.63) is 76.5 Å². The van der Waals surface area contributed by atoms with Crippen molar-refractivity contribution >= 4 is 16.9 Å². The maximum atomic E-state index is 12.5. The van der Waals surface area contributed by atoms with Crippen molar-refractivity contribution in [2.24, 2.45) is 0 Å². The Labute approximate surface area is 171 Å². The maximum Gasteiger partial charge on any atom is 0.373 e. The number of nitrogens with one attached hydrogen (secondary N) is 1. The quantitative estimate of drug-likeness (QED) is 0.488. The summed E-state index contributed by atoms with van der Waals surface area (Å²) in [5.41, 5.74) is 0.869. The highest BCUT2D eigenvalue weighted by atomic mass is 16.5. The van der Waals surface area contributed by atoms with Crippen LogP contribution >= 0.6 is 0 Å². The van der Waals surface area contributed by atoms with Crippen LogP contribution in [0.4, 0.5) is 0 Å². The highest BCUT2D eigenvalue weighted by Gasteiger charge is 2.17. The third-order valence-corrected chi connectivity index (χ3v) is 4.47. The highest BCUT2D eigenvalue weighted by Crippen LogP contribution is 2.37. The second kappa shape index (κ2) is 8.12. The second-order valence-electron chi connectivity index (χ2n) is 6.31. The van der Waals surface area contributed by atoms with E-state index in [1.165, 1.54) is 20.3 Å². The minimum absolute atomic E-state index is 0.0299. The van der Waals surface area contributed by atoms with Crippen molar-refractivity contribution < 1.29 is 23.4 Å². The first-order valence-electron chi connectivity index (χ1n) is 9.07. The maximum absolute atomic E-state index is 12.5. The van der Waals surface area contributed by atoms with Crippen LogP contribution < -0.4 is 15.0 Å². The molecule has 0 atom stereocenters. The molecule has 0 aliphatic rings. The number of para-hydroxylation sites is 2. The number of hydrogen-bond donors (Lipinski definition) is 1. The van der Waals surface area contributed by atoms with Crippen LogP contribution in [0.3, 0.4) is 0 Å². The number of esters is 1. The lowest BCUT2D eigenvalue weighted by atomic mass is 10.1. The first-order chi connectivity index (χ1) is 14.6. The Morgan fingerprint density at radius 2 is 1.90 bits per heavy atom. The molecule has 0 amide bonds. The molecule has 0 spiro atoms. The molecule has 0 aliphatic heterocycles. The van der Waals surface area contributed by atoms with Crippen LogP contribution in [-0.4, -0.2) is 30.2 Å². The molecule has 30 heavy (non-hydrogen) atoms. The number of ether oxygens (including phenoxy) is 3. The zero-order valence-electron chi connectivity index (χ0n) is 16.3. The van der Waals surface area contributed by atoms with Gasteiger partial charge in [0.05, 0.1) is 30.7 Å². The van der Waals surface area contributed by atoms with Gasteiger partial charge in [0.1, 0.15) is 18.2 Å². The lowest BCUT2D eigenvalue weighted by Gasteiger charge is -2.14. The number of fused-ring (bicyclic) bond motifs is 1. The number of aromatic amines is 1. The monoisotopic (exact) mass is 406 g/mol. The first-order valence-corrected chi connectivity index (χ1v) is 9.07. The van der Waals surface area contributed by atoms with Gasteiger partial charge in [-0.1, -0.05) is 18.2 Å². The molecule has 4 rings (SSSR count). The summed E-state index contributed by atoms with van der Waals surface area (Å²) in [4.78, 5) is 31.4. The summed E-state index contributed by atoms with van der Waals surface area (Å²) in [6.07, 6.45) is 0. The standard InChI is InChI=1S/C22H18N2O6/c1-27-17-9-5-7-15(20-23-16-8-4-3-6-14(16)21(25)24-20)19(17)29-12-13-10-11-18(30-13)22(26)28-2/h3-11H,12H2,1-2H3,(H,23,24,25). The van der Waals surface area contributed by atoms with Gasteiger partial charge in [-0.15, -0.1) is 0 Å². The molecule has 2 aromatic carbocycles. The van der Waals surface area contributed by atoms with E-state index < -0.39 is 5.97 Å². The molecule has 2 heterocycles. The molecule has 8 nitrogen and oxygen atoms in total. The Balaban J connectivity index is 1.71. The Morgan fingerprint density at radius 1 is 1.07 bits per heavy atom. The van der Waals surface area contributed by atoms with Gasteiger partial charge in [-0.25, -0.2) is 9.78 Å². The predicted molar refractivity (Wildman–Crippen MR) is 109 cm³/mol. The van der Waals surface area contributed by atoms with Gasteiger partial charge in [0.15, 0.2) is 11.5 Å². The fourth-order valence-corrected chi connectivity index (χ4v) is 3.03. The van der Waals surface area contributed by atoms with E-state index in [0.717, 1.165) is 0 Å². The van der Waals surface area contributed by atoms with Crippen LogP contribution in [0.2, 0.25) is 0 Å². The molecule has 1 N–H and O–H groups in total. The SMILES string of the molecule is COC(=O)c1ccc(COc2c(OC)cccc2-c2nc3ccccc3c(=O)[nH]2)o1. The van der Waals surface area contributed by atoms with Crippen molar-refractivity contribution in [3.8, 4) is 22.9 Å². The molecule has 0 radical (unpaired) electrons. The van der Waals surface area contributed by atoms with Gasteiger partial charge < -0.3 is 23.6 Å². The smallest absolute Gasteiger partial charge is 0.373 e. The lowest BCUT2D eigenvalue weighted by molar-refractivity contribution is 0.0561. The number of nitrogens with zero attached hydrogens (tertiary/aromatic N) is 1. The largest absolute Gasteiger partial charge is 0.493 e. The number of aromatic nitrogens is 2. The molecule has 2 aromatic heterocycles. The molecule has 152 valence electrons. The molecular formula is C22H18N2O6. The molecule has 0 aliphatic carbocycles. The summed E-state index contributed by atoms with van der Waals surface area (Å²) >= 11 is 0. The van der Waals surface area contributed by atoms with Gasteiger partial charge >= 0.3 is 5.97 Å². The first kappa shape index (κ1) is 19.3. The van der Waals surface area contributed by atoms with E-state index >= 15 is 0 Å². The minimum Gasteiger partial charge on any atom is -0.493 e. The fourth-order valence-electron chi connectivity index (χ4n) is 3.03. The number of H-pyrrole nitrogens is 1. The van der Waals surface area contributed by atoms with Crippen molar-refractivity contribution in [1.29, 1.82) is 0 Å². The number of hydrogen-bond acceptors (Lipinski definition) is 7. The van der Waals surface area contributed by atoms with Crippen LogP contribution in [-0.2, 0) is 11.3 Å². The van der Waals surface area contributed by atoms with E-state index in [4.69, 9.17) is 13.9 Å². The van der Waals surface area contributed by atoms with Crippen molar-refractivity contribution in [3.63, 3.8) is 0 Å². The Morgan fingerprint density at radius 3 is 2.70 bits per heavy atom. The van der Waals surface area contributed by atoms with Gasteiger partial charge in [0, 0.05) is 0 Å². The van der Waals surface area contributed by atoms with Gasteiger partial charge in [0.2, 0.25) is 5.76 Å². The summed E-state index contributed by atoms with van der Waals surface area (Å²) in [5, 5.41) is 0.498. The summed E-state index contributed by atoms with van der Waals surface area (Å²) < 4.78 is 21.4. The van der Waals surface area contributed by atoms with E-state index in [1.807, 2.05) is 6.07 Å². The molecule has 0 unspecified atom stereocenters. The third kappa shape index (κ3) is 3.62. The number of carbonyl (C=O) groups excluding carboxylic acids is 1. The average molecular weight is 406 g/mol. The summed E-state index contributed by atoms with van der Waals surface area (Å²) in [7, 11) is 2.80. The van der Waals surface area contributed by atoms with Gasteiger partial charge in [-0.05, 0) is 36.4 Å². The van der Waals surface area contributed by atoms with E-state index in [0.29, 0.717) is 39.6 Å². The zero-order chi connectivity index (χ0) is 21.1. The van der Waals surface area contributed by atoms with E-state index in [1.54, 1.807) is 42.5 Å². The molecule has 0 bridgehead atoms. The molecule has 8 heteroatoms. The molecule has 4 aromatic rings. The van der Waals surface area contributed by atoms with Crippen LogP contribution in [0.1, 0.15) is 16.3 Å². The van der Waals surface area contributed by atoms with E-state index in [2.05, 4.69) is 14.7 Å². The van der Waals surface area contributed by atoms with Crippen LogP contribution in [0, 0.1) is 0 Å². The summed E-state index contributed by atoms with van der Waals surface area (Å²) in [5.74, 6) is 1.13. The van der Waals surface area contributed by atoms with Crippen molar-refractivity contribution in [2.75, 3.05) is 14.2 Å². The van der Waals surface area contributed by atoms with Gasteiger partial charge in [0.25, 0.3) is 5.56 Å². The van der Waals surface area contributed by atoms with Crippen LogP contribution in [0.15, 0.2) is 63.8 Å². The molecule has 0 saturated carbocycles. The van der Waals surface area contributed by atoms with Gasteiger partial charge in [-0.2, -0.15) is 0 Å². The Hall–Kier alpha value is -4.07. The topological polar surface area (TPSA) is 104 Å². The third-order valence-electron chi connectivity index (χ3n) is 4.47. The molecular weight excluding hydrogens is 388 g/mol. The number of methoxy groups -OCH3 is 2. The minimum atomic E-state index is -0.572. The molecule has 0 saturated heterocycles. The average Bonchev–Trinajstić information content (AvgIpc) is 3.26. The van der Waals surface area contributed by atoms with Crippen molar-refractivity contribution in [1.82, 2.24) is 9.97 Å². The fraction of sp³-hybridized carbons (Fsp3) is 0.136. The Kier molecular flexibility index (Phi) is 5.21. The van der Waals surface area contributed by atoms with Crippen molar-refractivity contribution in [2.45, 2.75) is 6.61 Å². The number of rotatable bonds is 6. The van der Waals surface area contributed by atoms with Gasteiger partial charge in [-0.3, -0.25) is 4.79 Å². The summed E-state index contributed by atoms with van der Waals surface area (Å²) in [6, 6.07) is 15.5. The second-order valence-corrected chi connectivity index (χ2v) is 6.31.